The number of aromatic nitrogens is 2. The van der Waals surface area contributed by atoms with Crippen molar-refractivity contribution in [2.45, 2.75) is 6.92 Å². The van der Waals surface area contributed by atoms with Crippen molar-refractivity contribution in [2.24, 2.45) is 15.7 Å². The monoisotopic (exact) mass is 261 g/mol. The summed E-state index contributed by atoms with van der Waals surface area (Å²) < 4.78 is 0. The molecule has 18 heavy (non-hydrogen) atoms. The minimum absolute atomic E-state index is 0.436. The Kier molecular flexibility index (Phi) is 3.74. The molecule has 0 amide bonds. The smallest absolute Gasteiger partial charge is 0.179 e. The standard InChI is InChI=1S/C12H12ClN5/c1-8-15-6-11(17-8)12(16-7-14)18-10-5-3-2-4-9(10)13/h2-7H,1H3,(H,15,17)(H2,14,16,18). The number of amidine groups is 1. The average molecular weight is 262 g/mol. The van der Waals surface area contributed by atoms with E-state index in [4.69, 9.17) is 17.3 Å². The number of nitrogens with two attached hydrogens (primary N) is 1. The lowest BCUT2D eigenvalue weighted by Crippen LogP contribution is -2.01. The first-order valence-electron chi connectivity index (χ1n) is 5.30. The van der Waals surface area contributed by atoms with Gasteiger partial charge in [-0.3, -0.25) is 0 Å². The largest absolute Gasteiger partial charge is 0.390 e. The van der Waals surface area contributed by atoms with Gasteiger partial charge in [-0.1, -0.05) is 23.7 Å². The third kappa shape index (κ3) is 2.75. The average Bonchev–Trinajstić information content (AvgIpc) is 2.78. The molecule has 6 heteroatoms. The number of hydrogen-bond acceptors (Lipinski definition) is 2. The molecule has 2 rings (SSSR count). The number of para-hydroxylation sites is 1. The van der Waals surface area contributed by atoms with E-state index in [1.54, 1.807) is 18.3 Å². The van der Waals surface area contributed by atoms with Gasteiger partial charge in [-0.15, -0.1) is 0 Å². The summed E-state index contributed by atoms with van der Waals surface area (Å²) in [5.41, 5.74) is 6.65. The molecule has 0 atom stereocenters. The fraction of sp³-hybridized carbons (Fsp3) is 0.0833. The van der Waals surface area contributed by atoms with Gasteiger partial charge in [-0.2, -0.15) is 0 Å². The molecule has 0 aliphatic heterocycles. The molecule has 1 aromatic carbocycles. The van der Waals surface area contributed by atoms with Crippen molar-refractivity contribution in [3.63, 3.8) is 0 Å². The molecular formula is C12H12ClN5. The van der Waals surface area contributed by atoms with Gasteiger partial charge in [0.2, 0.25) is 0 Å². The number of benzene rings is 1. The maximum absolute atomic E-state index is 6.05. The Balaban J connectivity index is 2.46. The zero-order valence-electron chi connectivity index (χ0n) is 9.76. The lowest BCUT2D eigenvalue weighted by Gasteiger charge is -2.00. The summed E-state index contributed by atoms with van der Waals surface area (Å²) in [6.07, 6.45) is 2.84. The van der Waals surface area contributed by atoms with E-state index in [1.807, 2.05) is 19.1 Å². The van der Waals surface area contributed by atoms with E-state index in [0.717, 1.165) is 5.82 Å². The SMILES string of the molecule is Cc1ncc(C(N=CN)=Nc2ccccc2Cl)[nH]1. The van der Waals surface area contributed by atoms with Gasteiger partial charge in [0, 0.05) is 0 Å². The Bertz CT molecular complexity index is 600. The van der Waals surface area contributed by atoms with Crippen molar-refractivity contribution in [1.82, 2.24) is 9.97 Å². The maximum atomic E-state index is 6.05. The lowest BCUT2D eigenvalue weighted by atomic mass is 10.3. The fourth-order valence-electron chi connectivity index (χ4n) is 1.42. The summed E-state index contributed by atoms with van der Waals surface area (Å²) in [4.78, 5) is 15.5. The van der Waals surface area contributed by atoms with Gasteiger partial charge in [-0.05, 0) is 19.1 Å². The van der Waals surface area contributed by atoms with Crippen LogP contribution >= 0.6 is 11.6 Å². The van der Waals surface area contributed by atoms with Crippen LogP contribution in [0.2, 0.25) is 5.02 Å². The fourth-order valence-corrected chi connectivity index (χ4v) is 1.60. The number of hydrogen-bond donors (Lipinski definition) is 2. The number of aromatic amines is 1. The first-order valence-corrected chi connectivity index (χ1v) is 5.68. The molecule has 0 saturated heterocycles. The molecular weight excluding hydrogens is 250 g/mol. The van der Waals surface area contributed by atoms with Crippen LogP contribution in [-0.4, -0.2) is 22.1 Å². The quantitative estimate of drug-likeness (QED) is 0.643. The summed E-state index contributed by atoms with van der Waals surface area (Å²) >= 11 is 6.05. The van der Waals surface area contributed by atoms with E-state index in [0.29, 0.717) is 22.2 Å². The highest BCUT2D eigenvalue weighted by Crippen LogP contribution is 2.24. The zero-order valence-corrected chi connectivity index (χ0v) is 10.5. The molecule has 92 valence electrons. The van der Waals surface area contributed by atoms with Crippen LogP contribution in [0.1, 0.15) is 11.5 Å². The van der Waals surface area contributed by atoms with Crippen LogP contribution in [0.25, 0.3) is 0 Å². The first kappa shape index (κ1) is 12.3. The Labute approximate surface area is 109 Å². The second kappa shape index (κ2) is 5.46. The van der Waals surface area contributed by atoms with Gasteiger partial charge in [0.05, 0.1) is 23.2 Å². The summed E-state index contributed by atoms with van der Waals surface area (Å²) in [7, 11) is 0. The molecule has 0 bridgehead atoms. The summed E-state index contributed by atoms with van der Waals surface area (Å²) in [6, 6.07) is 7.26. The van der Waals surface area contributed by atoms with Crippen LogP contribution in [0.4, 0.5) is 5.69 Å². The van der Waals surface area contributed by atoms with Crippen molar-refractivity contribution < 1.29 is 0 Å². The number of aryl methyl sites for hydroxylation is 1. The van der Waals surface area contributed by atoms with Crippen molar-refractivity contribution in [2.75, 3.05) is 0 Å². The first-order chi connectivity index (χ1) is 8.70. The minimum Gasteiger partial charge on any atom is -0.390 e. The Morgan fingerprint density at radius 2 is 2.22 bits per heavy atom. The number of nitrogens with one attached hydrogen (secondary N) is 1. The number of halogens is 1. The predicted octanol–water partition coefficient (Wildman–Crippen LogP) is 2.44. The third-order valence-electron chi connectivity index (χ3n) is 2.22. The van der Waals surface area contributed by atoms with Crippen LogP contribution < -0.4 is 5.73 Å². The van der Waals surface area contributed by atoms with Crippen LogP contribution in [0.5, 0.6) is 0 Å². The van der Waals surface area contributed by atoms with E-state index in [9.17, 15) is 0 Å². The molecule has 2 aromatic rings. The number of H-pyrrole nitrogens is 1. The third-order valence-corrected chi connectivity index (χ3v) is 2.54. The van der Waals surface area contributed by atoms with E-state index in [-0.39, 0.29) is 0 Å². The highest BCUT2D eigenvalue weighted by molar-refractivity contribution is 6.33. The molecule has 0 spiro atoms. The van der Waals surface area contributed by atoms with E-state index < -0.39 is 0 Å². The van der Waals surface area contributed by atoms with Crippen molar-refractivity contribution in [3.05, 3.63) is 47.0 Å². The Morgan fingerprint density at radius 3 is 2.83 bits per heavy atom. The number of imidazole rings is 1. The summed E-state index contributed by atoms with van der Waals surface area (Å²) in [6.45, 7) is 1.85. The molecule has 0 saturated carbocycles. The van der Waals surface area contributed by atoms with Gasteiger partial charge >= 0.3 is 0 Å². The summed E-state index contributed by atoms with van der Waals surface area (Å²) in [5.74, 6) is 1.22. The minimum atomic E-state index is 0.436. The lowest BCUT2D eigenvalue weighted by molar-refractivity contribution is 1.14. The highest BCUT2D eigenvalue weighted by atomic mass is 35.5. The Morgan fingerprint density at radius 1 is 1.44 bits per heavy atom. The predicted molar refractivity (Wildman–Crippen MR) is 73.7 cm³/mol. The molecule has 5 nitrogen and oxygen atoms in total. The molecule has 3 N–H and O–H groups in total. The van der Waals surface area contributed by atoms with E-state index >= 15 is 0 Å². The molecule has 1 heterocycles. The number of aliphatic imine (C=N–C) groups is 2. The van der Waals surface area contributed by atoms with Gasteiger partial charge in [0.1, 0.15) is 11.5 Å². The molecule has 1 aromatic heterocycles. The topological polar surface area (TPSA) is 79.4 Å². The van der Waals surface area contributed by atoms with Crippen LogP contribution in [0, 0.1) is 6.92 Å². The second-order valence-corrected chi connectivity index (χ2v) is 3.95. The highest BCUT2D eigenvalue weighted by Gasteiger charge is 2.06. The van der Waals surface area contributed by atoms with E-state index in [1.165, 1.54) is 6.34 Å². The van der Waals surface area contributed by atoms with Crippen LogP contribution in [0.3, 0.4) is 0 Å². The van der Waals surface area contributed by atoms with Crippen molar-refractivity contribution in [1.29, 1.82) is 0 Å². The Hall–Kier alpha value is -2.14. The normalized spacial score (nSPS) is 12.2. The molecule has 0 aliphatic rings. The molecule has 0 fully saturated rings. The van der Waals surface area contributed by atoms with Gasteiger partial charge in [0.15, 0.2) is 5.84 Å². The van der Waals surface area contributed by atoms with Crippen LogP contribution in [0.15, 0.2) is 40.4 Å². The molecule has 0 unspecified atom stereocenters. The zero-order chi connectivity index (χ0) is 13.0. The second-order valence-electron chi connectivity index (χ2n) is 3.55. The molecule has 0 radical (unpaired) electrons. The van der Waals surface area contributed by atoms with Crippen LogP contribution in [-0.2, 0) is 0 Å². The maximum Gasteiger partial charge on any atom is 0.179 e. The number of nitrogens with zero attached hydrogens (tertiary/aromatic N) is 3. The van der Waals surface area contributed by atoms with Gasteiger partial charge in [0.25, 0.3) is 0 Å². The van der Waals surface area contributed by atoms with Gasteiger partial charge in [-0.25, -0.2) is 15.0 Å². The van der Waals surface area contributed by atoms with E-state index in [2.05, 4.69) is 20.0 Å². The molecule has 0 aliphatic carbocycles. The van der Waals surface area contributed by atoms with Gasteiger partial charge < -0.3 is 10.7 Å². The van der Waals surface area contributed by atoms with Crippen molar-refractivity contribution in [3.8, 4) is 0 Å². The summed E-state index contributed by atoms with van der Waals surface area (Å²) in [5, 5.41) is 0.554. The van der Waals surface area contributed by atoms with Crippen molar-refractivity contribution >= 4 is 29.5 Å². The number of rotatable bonds is 2.